The Hall–Kier alpha value is -1.95. The van der Waals surface area contributed by atoms with Gasteiger partial charge in [0.15, 0.2) is 0 Å². The van der Waals surface area contributed by atoms with Crippen molar-refractivity contribution in [2.45, 2.75) is 44.7 Å². The molecule has 1 aromatic rings. The number of nitrogens with zero attached hydrogens (tertiary/aromatic N) is 1. The van der Waals surface area contributed by atoms with Crippen LogP contribution in [0.1, 0.15) is 37.7 Å². The number of hydrogen-bond acceptors (Lipinski definition) is 4. The fourth-order valence-electron chi connectivity index (χ4n) is 2.54. The molecule has 1 aliphatic rings. The summed E-state index contributed by atoms with van der Waals surface area (Å²) in [5.74, 6) is -0.00567. The van der Waals surface area contributed by atoms with Gasteiger partial charge >= 0.3 is 0 Å². The van der Waals surface area contributed by atoms with Crippen molar-refractivity contribution in [3.05, 3.63) is 39.9 Å². The molecule has 6 heteroatoms. The lowest BCUT2D eigenvalue weighted by Gasteiger charge is -2.23. The van der Waals surface area contributed by atoms with E-state index in [-0.39, 0.29) is 11.6 Å². The highest BCUT2D eigenvalue weighted by molar-refractivity contribution is 5.75. The summed E-state index contributed by atoms with van der Waals surface area (Å²) in [6.07, 6.45) is 4.92. The van der Waals surface area contributed by atoms with E-state index in [0.29, 0.717) is 19.0 Å². The zero-order chi connectivity index (χ0) is 15.1. The average Bonchev–Trinajstić information content (AvgIpc) is 2.52. The molecule has 21 heavy (non-hydrogen) atoms. The van der Waals surface area contributed by atoms with E-state index in [9.17, 15) is 14.9 Å². The predicted octanol–water partition coefficient (Wildman–Crippen LogP) is 2.13. The molecule has 1 atom stereocenters. The molecule has 1 unspecified atom stereocenters. The number of carbonyl (C=O) groups is 1. The van der Waals surface area contributed by atoms with Gasteiger partial charge in [-0.15, -0.1) is 0 Å². The number of benzene rings is 1. The number of nitro groups is 1. The normalized spacial score (nSPS) is 18.2. The Labute approximate surface area is 124 Å². The van der Waals surface area contributed by atoms with Crippen molar-refractivity contribution in [3.8, 4) is 0 Å². The number of rotatable bonds is 6. The summed E-state index contributed by atoms with van der Waals surface area (Å²) in [5, 5.41) is 16.9. The van der Waals surface area contributed by atoms with Gasteiger partial charge in [0.05, 0.1) is 4.92 Å². The van der Waals surface area contributed by atoms with Gasteiger partial charge in [0.1, 0.15) is 0 Å². The molecule has 1 fully saturated rings. The molecule has 0 aromatic heterocycles. The van der Waals surface area contributed by atoms with Crippen LogP contribution >= 0.6 is 0 Å². The van der Waals surface area contributed by atoms with Crippen LogP contribution in [0.5, 0.6) is 0 Å². The van der Waals surface area contributed by atoms with Gasteiger partial charge in [0, 0.05) is 31.1 Å². The minimum absolute atomic E-state index is 0.00567. The molecule has 114 valence electrons. The molecule has 2 rings (SSSR count). The maximum Gasteiger partial charge on any atom is 0.269 e. The van der Waals surface area contributed by atoms with E-state index < -0.39 is 4.92 Å². The largest absolute Gasteiger partial charge is 0.352 e. The van der Waals surface area contributed by atoms with Gasteiger partial charge in [-0.05, 0) is 31.4 Å². The second-order valence-electron chi connectivity index (χ2n) is 5.39. The summed E-state index contributed by atoms with van der Waals surface area (Å²) in [5.41, 5.74) is 0.793. The summed E-state index contributed by atoms with van der Waals surface area (Å²) in [7, 11) is 0. The van der Waals surface area contributed by atoms with E-state index >= 15 is 0 Å². The Bertz CT molecular complexity index is 499. The lowest BCUT2D eigenvalue weighted by Crippen LogP contribution is -2.35. The number of non-ortho nitro benzene ring substituents is 1. The Kier molecular flexibility index (Phi) is 5.68. The molecule has 1 saturated heterocycles. The third kappa shape index (κ3) is 5.15. The summed E-state index contributed by atoms with van der Waals surface area (Å²) in [6, 6.07) is 6.78. The lowest BCUT2D eigenvalue weighted by molar-refractivity contribution is -0.384. The Morgan fingerprint density at radius 1 is 1.43 bits per heavy atom. The monoisotopic (exact) mass is 291 g/mol. The average molecular weight is 291 g/mol. The first-order valence-electron chi connectivity index (χ1n) is 7.38. The van der Waals surface area contributed by atoms with Gasteiger partial charge in [0.25, 0.3) is 5.69 Å². The zero-order valence-corrected chi connectivity index (χ0v) is 12.0. The van der Waals surface area contributed by atoms with Crippen molar-refractivity contribution in [1.29, 1.82) is 0 Å². The molecule has 1 aromatic carbocycles. The first-order chi connectivity index (χ1) is 10.1. The molecule has 0 saturated carbocycles. The summed E-state index contributed by atoms with van der Waals surface area (Å²) >= 11 is 0. The smallest absolute Gasteiger partial charge is 0.269 e. The first kappa shape index (κ1) is 15.4. The first-order valence-corrected chi connectivity index (χ1v) is 7.38. The molecule has 0 spiro atoms. The molecule has 1 heterocycles. The highest BCUT2D eigenvalue weighted by Gasteiger charge is 2.14. The molecule has 0 aliphatic carbocycles. The molecule has 1 aliphatic heterocycles. The molecule has 0 bridgehead atoms. The van der Waals surface area contributed by atoms with Crippen molar-refractivity contribution in [2.24, 2.45) is 0 Å². The summed E-state index contributed by atoms with van der Waals surface area (Å²) < 4.78 is 0. The second-order valence-corrected chi connectivity index (χ2v) is 5.39. The fourth-order valence-corrected chi connectivity index (χ4v) is 2.54. The van der Waals surface area contributed by atoms with Crippen molar-refractivity contribution >= 4 is 11.6 Å². The van der Waals surface area contributed by atoms with Crippen LogP contribution in [0.25, 0.3) is 0 Å². The summed E-state index contributed by atoms with van der Waals surface area (Å²) in [6.45, 7) is 1.37. The van der Waals surface area contributed by atoms with Crippen LogP contribution in [-0.2, 0) is 11.3 Å². The molecular weight excluding hydrogens is 270 g/mol. The third-order valence-electron chi connectivity index (χ3n) is 3.74. The minimum atomic E-state index is -0.430. The molecule has 0 radical (unpaired) electrons. The quantitative estimate of drug-likeness (QED) is 0.621. The van der Waals surface area contributed by atoms with Gasteiger partial charge in [-0.25, -0.2) is 0 Å². The Morgan fingerprint density at radius 3 is 3.00 bits per heavy atom. The van der Waals surface area contributed by atoms with Crippen LogP contribution in [0.3, 0.4) is 0 Å². The van der Waals surface area contributed by atoms with E-state index in [1.54, 1.807) is 12.1 Å². The van der Waals surface area contributed by atoms with Crippen molar-refractivity contribution in [3.63, 3.8) is 0 Å². The predicted molar refractivity (Wildman–Crippen MR) is 79.8 cm³/mol. The van der Waals surface area contributed by atoms with Crippen molar-refractivity contribution < 1.29 is 9.72 Å². The van der Waals surface area contributed by atoms with E-state index in [4.69, 9.17) is 0 Å². The van der Waals surface area contributed by atoms with Gasteiger partial charge in [-0.1, -0.05) is 18.6 Å². The number of hydrogen-bond donors (Lipinski definition) is 2. The van der Waals surface area contributed by atoms with Crippen molar-refractivity contribution in [2.75, 3.05) is 6.54 Å². The molecular formula is C15H21N3O3. The molecule has 2 N–H and O–H groups in total. The number of nitrogens with one attached hydrogen (secondary N) is 2. The maximum atomic E-state index is 11.8. The molecule has 1 amide bonds. The van der Waals surface area contributed by atoms with E-state index in [1.807, 2.05) is 0 Å². The van der Waals surface area contributed by atoms with Gasteiger partial charge in [-0.2, -0.15) is 0 Å². The number of nitro benzene ring substituents is 1. The van der Waals surface area contributed by atoms with E-state index in [2.05, 4.69) is 10.6 Å². The molecule has 6 nitrogen and oxygen atoms in total. The SMILES string of the molecule is O=C(CCC1CCCCN1)NCc1cccc([N+](=O)[O-])c1. The van der Waals surface area contributed by atoms with Crippen LogP contribution in [0, 0.1) is 10.1 Å². The number of piperidine rings is 1. The van der Waals surface area contributed by atoms with Crippen LogP contribution in [0.4, 0.5) is 5.69 Å². The van der Waals surface area contributed by atoms with Crippen LogP contribution in [-0.4, -0.2) is 23.4 Å². The summed E-state index contributed by atoms with van der Waals surface area (Å²) in [4.78, 5) is 22.1. The van der Waals surface area contributed by atoms with E-state index in [1.165, 1.54) is 25.0 Å². The topological polar surface area (TPSA) is 84.3 Å². The standard InChI is InChI=1S/C15H21N3O3/c19-15(8-7-13-5-1-2-9-16-13)17-11-12-4-3-6-14(10-12)18(20)21/h3-4,6,10,13,16H,1-2,5,7-9,11H2,(H,17,19). The number of carbonyl (C=O) groups excluding carboxylic acids is 1. The minimum Gasteiger partial charge on any atom is -0.352 e. The second kappa shape index (κ2) is 7.73. The lowest BCUT2D eigenvalue weighted by atomic mass is 10.0. The Morgan fingerprint density at radius 2 is 2.29 bits per heavy atom. The van der Waals surface area contributed by atoms with E-state index in [0.717, 1.165) is 24.9 Å². The number of amides is 1. The van der Waals surface area contributed by atoms with Gasteiger partial charge in [0.2, 0.25) is 5.91 Å². The highest BCUT2D eigenvalue weighted by Crippen LogP contribution is 2.13. The van der Waals surface area contributed by atoms with Crippen LogP contribution in [0.2, 0.25) is 0 Å². The maximum absolute atomic E-state index is 11.8. The Balaban J connectivity index is 1.73. The van der Waals surface area contributed by atoms with Gasteiger partial charge < -0.3 is 10.6 Å². The highest BCUT2D eigenvalue weighted by atomic mass is 16.6. The zero-order valence-electron chi connectivity index (χ0n) is 12.0. The third-order valence-corrected chi connectivity index (χ3v) is 3.74. The van der Waals surface area contributed by atoms with Crippen molar-refractivity contribution in [1.82, 2.24) is 10.6 Å². The van der Waals surface area contributed by atoms with Crippen LogP contribution < -0.4 is 10.6 Å². The fraction of sp³-hybridized carbons (Fsp3) is 0.533. The van der Waals surface area contributed by atoms with Crippen LogP contribution in [0.15, 0.2) is 24.3 Å². The van der Waals surface area contributed by atoms with Gasteiger partial charge in [-0.3, -0.25) is 14.9 Å².